The van der Waals surface area contributed by atoms with Crippen molar-refractivity contribution >= 4 is 0 Å². The number of hydrogen-bond donors (Lipinski definition) is 0. The molecule has 276 valence electrons. The lowest BCUT2D eigenvalue weighted by Crippen LogP contribution is -1.94. The number of hydrogen-bond acceptors (Lipinski definition) is 2. The highest BCUT2D eigenvalue weighted by molar-refractivity contribution is 5.79. The van der Waals surface area contributed by atoms with E-state index in [1.807, 2.05) is 24.3 Å². The van der Waals surface area contributed by atoms with Gasteiger partial charge in [-0.15, -0.1) is 0 Å². The zero-order valence-corrected chi connectivity index (χ0v) is 33.7. The molecule has 0 unspecified atom stereocenters. The van der Waals surface area contributed by atoms with Gasteiger partial charge in [-0.05, 0) is 181 Å². The van der Waals surface area contributed by atoms with Gasteiger partial charge in [0.05, 0.1) is 23.3 Å². The first-order valence-corrected chi connectivity index (χ1v) is 20.1. The third-order valence-electron chi connectivity index (χ3n) is 11.3. The lowest BCUT2D eigenvalue weighted by Gasteiger charge is -2.15. The molecule has 0 aliphatic carbocycles. The van der Waals surface area contributed by atoms with Crippen LogP contribution in [0.3, 0.4) is 0 Å². The molecule has 0 heterocycles. The predicted molar refractivity (Wildman–Crippen MR) is 232 cm³/mol. The van der Waals surface area contributed by atoms with Gasteiger partial charge in [0.25, 0.3) is 0 Å². The van der Waals surface area contributed by atoms with E-state index in [0.29, 0.717) is 11.1 Å². The van der Waals surface area contributed by atoms with Gasteiger partial charge in [-0.2, -0.15) is 10.5 Å². The van der Waals surface area contributed by atoms with Crippen LogP contribution < -0.4 is 0 Å². The Morgan fingerprint density at radius 3 is 0.982 bits per heavy atom. The third kappa shape index (κ3) is 9.52. The number of unbranched alkanes of at least 4 members (excludes halogenated alkanes) is 6. The van der Waals surface area contributed by atoms with Gasteiger partial charge in [0.15, 0.2) is 0 Å². The summed E-state index contributed by atoms with van der Waals surface area (Å²) in [6, 6.07) is 43.6. The molecule has 0 bridgehead atoms. The fourth-order valence-corrected chi connectivity index (χ4v) is 8.52. The lowest BCUT2D eigenvalue weighted by atomic mass is 9.89. The maximum Gasteiger partial charge on any atom is 0.0991 e. The molecule has 0 saturated carbocycles. The van der Waals surface area contributed by atoms with Gasteiger partial charge in [0.2, 0.25) is 0 Å². The van der Waals surface area contributed by atoms with Gasteiger partial charge < -0.3 is 0 Å². The highest BCUT2D eigenvalue weighted by Gasteiger charge is 2.13. The molecule has 2 heteroatoms. The summed E-state index contributed by atoms with van der Waals surface area (Å²) < 4.78 is 0. The maximum absolute atomic E-state index is 9.17. The first-order chi connectivity index (χ1) is 26.6. The Morgan fingerprint density at radius 2 is 0.673 bits per heavy atom. The monoisotopic (exact) mass is 718 g/mol. The van der Waals surface area contributed by atoms with Gasteiger partial charge in [-0.25, -0.2) is 0 Å². The molecule has 6 rings (SSSR count). The molecule has 0 aromatic heterocycles. The SMILES string of the molecule is Cc1cc(CCCCCCCCCc2ccc(-c3cc(C)c(-c4ccc(C#N)cc4)c(C)c3)c(C)c2)ccc1-c1cc(C)c(-c2ccc(C#N)cc2)c(C)c1. The van der Waals surface area contributed by atoms with E-state index in [0.717, 1.165) is 24.0 Å². The molecule has 0 fully saturated rings. The standard InChI is InChI=1S/C53H54N2/c1-36-28-42(20-26-50(36)48-30-38(3)52(39(4)31-48)46-22-16-44(34-54)17-23-46)14-12-10-8-7-9-11-13-15-43-21-27-51(37(2)29-43)49-32-40(5)53(41(6)33-49)47-24-18-45(35-55)19-25-47/h16-33H,7-15H2,1-6H3. The van der Waals surface area contributed by atoms with E-state index in [4.69, 9.17) is 0 Å². The lowest BCUT2D eigenvalue weighted by molar-refractivity contribution is 0.579. The zero-order chi connectivity index (χ0) is 38.9. The highest BCUT2D eigenvalue weighted by Crippen LogP contribution is 2.35. The summed E-state index contributed by atoms with van der Waals surface area (Å²) in [5, 5.41) is 18.3. The molecule has 0 amide bonds. The number of nitrogens with zero attached hydrogens (tertiary/aromatic N) is 2. The van der Waals surface area contributed by atoms with Crippen LogP contribution in [0.2, 0.25) is 0 Å². The molecule has 6 aromatic carbocycles. The molecule has 0 spiro atoms. The maximum atomic E-state index is 9.17. The average molecular weight is 719 g/mol. The molecule has 0 aliphatic rings. The van der Waals surface area contributed by atoms with Gasteiger partial charge in [-0.3, -0.25) is 0 Å². The van der Waals surface area contributed by atoms with Crippen LogP contribution >= 0.6 is 0 Å². The molecule has 6 aromatic rings. The fraction of sp³-hybridized carbons (Fsp3) is 0.283. The van der Waals surface area contributed by atoms with Crippen molar-refractivity contribution in [1.29, 1.82) is 10.5 Å². The highest BCUT2D eigenvalue weighted by atomic mass is 14.2. The minimum atomic E-state index is 0.693. The van der Waals surface area contributed by atoms with Crippen molar-refractivity contribution < 1.29 is 0 Å². The first kappa shape index (κ1) is 39.0. The predicted octanol–water partition coefficient (Wildman–Crippen LogP) is 14.5. The van der Waals surface area contributed by atoms with Gasteiger partial charge in [0, 0.05) is 0 Å². The van der Waals surface area contributed by atoms with Crippen molar-refractivity contribution in [3.05, 3.63) is 165 Å². The van der Waals surface area contributed by atoms with Crippen molar-refractivity contribution in [1.82, 2.24) is 0 Å². The van der Waals surface area contributed by atoms with Crippen LogP contribution in [0.4, 0.5) is 0 Å². The summed E-state index contributed by atoms with van der Waals surface area (Å²) in [7, 11) is 0. The molecular formula is C53H54N2. The Hall–Kier alpha value is -5.70. The molecule has 0 radical (unpaired) electrons. The van der Waals surface area contributed by atoms with E-state index in [1.165, 1.54) is 123 Å². The van der Waals surface area contributed by atoms with Crippen molar-refractivity contribution in [2.45, 2.75) is 99.3 Å². The molecule has 0 atom stereocenters. The smallest absolute Gasteiger partial charge is 0.0991 e. The van der Waals surface area contributed by atoms with Crippen LogP contribution in [0.5, 0.6) is 0 Å². The van der Waals surface area contributed by atoms with Crippen LogP contribution in [0, 0.1) is 64.2 Å². The van der Waals surface area contributed by atoms with E-state index in [9.17, 15) is 10.5 Å². The largest absolute Gasteiger partial charge is 0.192 e. The van der Waals surface area contributed by atoms with Crippen molar-refractivity contribution in [2.75, 3.05) is 0 Å². The third-order valence-corrected chi connectivity index (χ3v) is 11.3. The van der Waals surface area contributed by atoms with E-state index < -0.39 is 0 Å². The van der Waals surface area contributed by atoms with Crippen LogP contribution in [-0.4, -0.2) is 0 Å². The van der Waals surface area contributed by atoms with Crippen LogP contribution in [0.15, 0.2) is 109 Å². The summed E-state index contributed by atoms with van der Waals surface area (Å²) in [4.78, 5) is 0. The van der Waals surface area contributed by atoms with E-state index >= 15 is 0 Å². The Kier molecular flexibility index (Phi) is 12.8. The van der Waals surface area contributed by atoms with Crippen LogP contribution in [-0.2, 0) is 12.8 Å². The Labute approximate surface area is 330 Å². The topological polar surface area (TPSA) is 47.6 Å². The second-order valence-electron chi connectivity index (χ2n) is 15.6. The minimum Gasteiger partial charge on any atom is -0.192 e. The molecular weight excluding hydrogens is 665 g/mol. The van der Waals surface area contributed by atoms with Crippen LogP contribution in [0.1, 0.15) is 101 Å². The number of benzene rings is 6. The van der Waals surface area contributed by atoms with Gasteiger partial charge in [0.1, 0.15) is 0 Å². The van der Waals surface area contributed by atoms with E-state index in [2.05, 4.69) is 139 Å². The minimum absolute atomic E-state index is 0.693. The molecule has 55 heavy (non-hydrogen) atoms. The van der Waals surface area contributed by atoms with Crippen molar-refractivity contribution in [3.63, 3.8) is 0 Å². The zero-order valence-electron chi connectivity index (χ0n) is 33.7. The fourth-order valence-electron chi connectivity index (χ4n) is 8.52. The Balaban J connectivity index is 0.919. The van der Waals surface area contributed by atoms with Crippen molar-refractivity contribution in [3.8, 4) is 56.6 Å². The first-order valence-electron chi connectivity index (χ1n) is 20.1. The molecule has 0 N–H and O–H groups in total. The molecule has 0 aliphatic heterocycles. The molecule has 0 saturated heterocycles. The van der Waals surface area contributed by atoms with E-state index in [-0.39, 0.29) is 0 Å². The second-order valence-corrected chi connectivity index (χ2v) is 15.6. The number of aryl methyl sites for hydroxylation is 8. The number of rotatable bonds is 14. The summed E-state index contributed by atoms with van der Waals surface area (Å²) in [6.45, 7) is 13.3. The van der Waals surface area contributed by atoms with E-state index in [1.54, 1.807) is 0 Å². The Bertz CT molecular complexity index is 2150. The van der Waals surface area contributed by atoms with Gasteiger partial charge >= 0.3 is 0 Å². The quantitative estimate of drug-likeness (QED) is 0.105. The summed E-state index contributed by atoms with van der Waals surface area (Å²) in [5.41, 5.74) is 22.0. The molecule has 2 nitrogen and oxygen atoms in total. The normalized spacial score (nSPS) is 11.0. The Morgan fingerprint density at radius 1 is 0.345 bits per heavy atom. The summed E-state index contributed by atoms with van der Waals surface area (Å²) >= 11 is 0. The van der Waals surface area contributed by atoms with Crippen molar-refractivity contribution in [2.24, 2.45) is 0 Å². The second kappa shape index (κ2) is 18.1. The number of nitriles is 2. The summed E-state index contributed by atoms with van der Waals surface area (Å²) in [5.74, 6) is 0. The van der Waals surface area contributed by atoms with Gasteiger partial charge in [-0.1, -0.05) is 117 Å². The summed E-state index contributed by atoms with van der Waals surface area (Å²) in [6.07, 6.45) is 11.3. The van der Waals surface area contributed by atoms with Crippen LogP contribution in [0.25, 0.3) is 44.5 Å². The average Bonchev–Trinajstić information content (AvgIpc) is 3.17.